The van der Waals surface area contributed by atoms with Gasteiger partial charge in [0.2, 0.25) is 11.8 Å². The number of benzene rings is 3. The quantitative estimate of drug-likeness (QED) is 0.0337. The average molecular weight is 1260 g/mol. The molecule has 1 saturated carbocycles. The standard InChI is InChI=1S/C72H104N6O13/c1-10-77(59-29-34-84-35-30-59)64-48-58(47-63(52(64)4)66(79)25-24-62-50(2)46-51(3)73-69(62)81)55-18-22-61(23-19-55)90-45-43-88-41-39-86-37-36-85-38-40-87-42-44-89-60-20-16-54(17-21-60)26-31-76-32-27-56-28-33-78(65(56)49-76)70(82)67(57-14-12-11-13-15-57)74-68(80)53(5)75(9)71(83)91-72(6,7)8/h16-23,46-48,53,56-57,59,65,67H,10-15,24-45,49H2,1-9H3,(H,73,81)(H,74,80)/t53-,56-,65-,67-/m0/s1. The minimum atomic E-state index is -0.793. The van der Waals surface area contributed by atoms with E-state index in [4.69, 9.17) is 37.9 Å². The summed E-state index contributed by atoms with van der Waals surface area (Å²) >= 11 is 0. The number of fused-ring (bicyclic) bond motifs is 1. The second-order valence-corrected chi connectivity index (χ2v) is 26.1. The zero-order chi connectivity index (χ0) is 64.9. The lowest BCUT2D eigenvalue weighted by Crippen LogP contribution is -2.59. The van der Waals surface area contributed by atoms with Gasteiger partial charge in [0.15, 0.2) is 5.78 Å². The fraction of sp³-hybridized carbons (Fsp3) is 0.625. The van der Waals surface area contributed by atoms with Crippen molar-refractivity contribution in [3.63, 3.8) is 0 Å². The molecule has 19 nitrogen and oxygen atoms in total. The summed E-state index contributed by atoms with van der Waals surface area (Å²) in [7, 11) is 1.57. The molecule has 91 heavy (non-hydrogen) atoms. The number of rotatable bonds is 33. The summed E-state index contributed by atoms with van der Waals surface area (Å²) in [4.78, 5) is 79.2. The van der Waals surface area contributed by atoms with Crippen molar-refractivity contribution < 1.29 is 57.1 Å². The van der Waals surface area contributed by atoms with Gasteiger partial charge in [0.1, 0.15) is 42.4 Å². The first-order chi connectivity index (χ1) is 43.9. The predicted octanol–water partition coefficient (Wildman–Crippen LogP) is 10.1. The molecule has 1 aromatic heterocycles. The molecule has 1 aliphatic carbocycles. The van der Waals surface area contributed by atoms with Crippen LogP contribution in [0, 0.1) is 32.6 Å². The number of ketones is 1. The number of nitrogens with zero attached hydrogens (tertiary/aromatic N) is 4. The number of likely N-dealkylation sites (tertiary alicyclic amines) is 2. The Hall–Kier alpha value is -6.35. The van der Waals surface area contributed by atoms with Crippen molar-refractivity contribution in [2.24, 2.45) is 11.8 Å². The lowest BCUT2D eigenvalue weighted by molar-refractivity contribution is -0.141. The molecular formula is C72H104N6O13. The maximum atomic E-state index is 14.6. The van der Waals surface area contributed by atoms with E-state index >= 15 is 0 Å². The number of amides is 3. The minimum Gasteiger partial charge on any atom is -0.491 e. The number of aryl methyl sites for hydroxylation is 2. The lowest BCUT2D eigenvalue weighted by atomic mass is 9.83. The number of pyridine rings is 1. The summed E-state index contributed by atoms with van der Waals surface area (Å²) in [5.74, 6) is 1.74. The first kappa shape index (κ1) is 70.5. The molecule has 3 amide bonds. The number of H-pyrrole nitrogens is 1. The first-order valence-corrected chi connectivity index (χ1v) is 33.6. The van der Waals surface area contributed by atoms with Crippen LogP contribution in [0.15, 0.2) is 71.5 Å². The van der Waals surface area contributed by atoms with Gasteiger partial charge in [0, 0.05) is 87.5 Å². The van der Waals surface area contributed by atoms with Crippen LogP contribution in [0.5, 0.6) is 11.5 Å². The van der Waals surface area contributed by atoms with Gasteiger partial charge in [-0.1, -0.05) is 43.5 Å². The summed E-state index contributed by atoms with van der Waals surface area (Å²) in [6.45, 7) is 25.1. The van der Waals surface area contributed by atoms with Crippen molar-refractivity contribution >= 4 is 29.4 Å². The number of carbonyl (C=O) groups is 4. The van der Waals surface area contributed by atoms with E-state index in [-0.39, 0.29) is 41.5 Å². The highest BCUT2D eigenvalue weighted by molar-refractivity contribution is 6.00. The van der Waals surface area contributed by atoms with Crippen molar-refractivity contribution in [3.8, 4) is 22.6 Å². The molecule has 4 fully saturated rings. The third-order valence-electron chi connectivity index (χ3n) is 18.6. The molecule has 0 unspecified atom stereocenters. The van der Waals surface area contributed by atoms with Crippen LogP contribution in [0.3, 0.4) is 0 Å². The zero-order valence-electron chi connectivity index (χ0n) is 55.9. The molecule has 3 aromatic carbocycles. The van der Waals surface area contributed by atoms with Gasteiger partial charge in [-0.25, -0.2) is 4.79 Å². The van der Waals surface area contributed by atoms with E-state index in [1.807, 2.05) is 69.3 Å². The van der Waals surface area contributed by atoms with Crippen molar-refractivity contribution in [1.29, 1.82) is 0 Å². The van der Waals surface area contributed by atoms with Crippen molar-refractivity contribution in [2.45, 2.75) is 162 Å². The highest BCUT2D eigenvalue weighted by atomic mass is 16.6. The van der Waals surface area contributed by atoms with Crippen molar-refractivity contribution in [3.05, 3.63) is 111 Å². The van der Waals surface area contributed by atoms with Crippen LogP contribution >= 0.6 is 0 Å². The second-order valence-electron chi connectivity index (χ2n) is 26.1. The van der Waals surface area contributed by atoms with E-state index in [1.54, 1.807) is 34.7 Å². The van der Waals surface area contributed by atoms with Crippen LogP contribution in [0.2, 0.25) is 0 Å². The fourth-order valence-corrected chi connectivity index (χ4v) is 13.3. The van der Waals surface area contributed by atoms with Gasteiger partial charge in [-0.15, -0.1) is 0 Å². The highest BCUT2D eigenvalue weighted by Gasteiger charge is 2.45. The Morgan fingerprint density at radius 3 is 1.91 bits per heavy atom. The number of piperidine rings is 1. The number of likely N-dealkylation sites (N-methyl/N-ethyl adjacent to an activating group) is 1. The number of ether oxygens (including phenoxy) is 8. The number of nitrogens with one attached hydrogen (secondary N) is 2. The van der Waals surface area contributed by atoms with E-state index in [2.05, 4.69) is 50.1 Å². The van der Waals surface area contributed by atoms with Gasteiger partial charge >= 0.3 is 6.09 Å². The predicted molar refractivity (Wildman–Crippen MR) is 354 cm³/mol. The molecule has 0 bridgehead atoms. The summed E-state index contributed by atoms with van der Waals surface area (Å²) in [6, 6.07) is 21.4. The third-order valence-corrected chi connectivity index (χ3v) is 18.6. The molecule has 19 heteroatoms. The van der Waals surface area contributed by atoms with Gasteiger partial charge in [0.05, 0.1) is 52.9 Å². The number of anilines is 1. The number of hydrogen-bond donors (Lipinski definition) is 2. The molecular weight excluding hydrogens is 1160 g/mol. The molecule has 4 heterocycles. The third kappa shape index (κ3) is 20.8. The van der Waals surface area contributed by atoms with Crippen LogP contribution in [0.4, 0.5) is 10.5 Å². The zero-order valence-corrected chi connectivity index (χ0v) is 55.9. The maximum absolute atomic E-state index is 14.6. The monoisotopic (exact) mass is 1260 g/mol. The van der Waals surface area contributed by atoms with Crippen molar-refractivity contribution in [1.82, 2.24) is 25.0 Å². The Labute approximate surface area is 540 Å². The molecule has 500 valence electrons. The molecule has 0 spiro atoms. The summed E-state index contributed by atoms with van der Waals surface area (Å²) in [5, 5.41) is 3.14. The normalized spacial score (nSPS) is 18.1. The Morgan fingerprint density at radius 2 is 1.32 bits per heavy atom. The second kappa shape index (κ2) is 35.1. The summed E-state index contributed by atoms with van der Waals surface area (Å²) in [5.41, 5.74) is 7.39. The number of aromatic nitrogens is 1. The Morgan fingerprint density at radius 1 is 0.725 bits per heavy atom. The van der Waals surface area contributed by atoms with Crippen molar-refractivity contribution in [2.75, 3.05) is 124 Å². The molecule has 4 atom stereocenters. The molecule has 3 saturated heterocycles. The number of aromatic amines is 1. The largest absolute Gasteiger partial charge is 0.491 e. The van der Waals surface area contributed by atoms with Gasteiger partial charge in [-0.3, -0.25) is 24.1 Å². The van der Waals surface area contributed by atoms with Crippen LogP contribution in [0.1, 0.15) is 137 Å². The molecule has 3 aliphatic heterocycles. The lowest BCUT2D eigenvalue weighted by Gasteiger charge is -2.41. The van der Waals surface area contributed by atoms with Crippen LogP contribution < -0.4 is 25.2 Å². The van der Waals surface area contributed by atoms with E-state index in [0.29, 0.717) is 102 Å². The first-order valence-electron chi connectivity index (χ1n) is 33.6. The smallest absolute Gasteiger partial charge is 0.410 e. The molecule has 4 aromatic rings. The van der Waals surface area contributed by atoms with Gasteiger partial charge in [0.25, 0.3) is 5.56 Å². The molecule has 2 N–H and O–H groups in total. The molecule has 8 rings (SSSR count). The maximum Gasteiger partial charge on any atom is 0.410 e. The molecule has 0 radical (unpaired) electrons. The Balaban J connectivity index is 0.666. The number of Topliss-reactive ketones (excluding diaryl/α,β-unsaturated/α-hetero) is 1. The Bertz CT molecular complexity index is 3010. The van der Waals surface area contributed by atoms with E-state index in [0.717, 1.165) is 149 Å². The van der Waals surface area contributed by atoms with Crippen LogP contribution in [0.25, 0.3) is 11.1 Å². The van der Waals surface area contributed by atoms with Gasteiger partial charge in [-0.2, -0.15) is 0 Å². The SMILES string of the molecule is CCN(c1cc(-c2ccc(OCCOCCOCCOCCOCCOc3ccc(CCN4CC[C@H]5CCN(C(=O)[C@@H](NC(=O)[C@H](C)N(C)C(=O)OC(C)(C)C)C6CCCCC6)[C@H]5C4)cc3)cc2)cc(C(=O)CCc2c(C)cc(C)[nH]c2=O)c1C)C1CCOCC1. The van der Waals surface area contributed by atoms with Crippen LogP contribution in [-0.4, -0.2) is 192 Å². The van der Waals surface area contributed by atoms with E-state index in [9.17, 15) is 24.0 Å². The minimum absolute atomic E-state index is 0.0167. The van der Waals surface area contributed by atoms with Gasteiger partial charge < -0.3 is 62.9 Å². The van der Waals surface area contributed by atoms with E-state index < -0.39 is 23.8 Å². The fourth-order valence-electron chi connectivity index (χ4n) is 13.3. The molecule has 4 aliphatic rings. The number of hydrogen-bond acceptors (Lipinski definition) is 15. The van der Waals surface area contributed by atoms with Gasteiger partial charge in [-0.05, 0) is 195 Å². The summed E-state index contributed by atoms with van der Waals surface area (Å²) < 4.78 is 46.1. The Kier molecular flexibility index (Phi) is 27.2. The average Bonchev–Trinajstić information content (AvgIpc) is 1.77. The summed E-state index contributed by atoms with van der Waals surface area (Å²) in [6.07, 6.45) is 9.84. The topological polar surface area (TPSA) is 200 Å². The highest BCUT2D eigenvalue weighted by Crippen LogP contribution is 2.37. The van der Waals surface area contributed by atoms with E-state index in [1.165, 1.54) is 10.5 Å². The number of carbonyl (C=O) groups excluding carboxylic acids is 4. The van der Waals surface area contributed by atoms with Crippen LogP contribution in [-0.2, 0) is 50.9 Å².